The van der Waals surface area contributed by atoms with Crippen molar-refractivity contribution < 1.29 is 19.6 Å². The third-order valence-corrected chi connectivity index (χ3v) is 2.78. The Kier molecular flexibility index (Phi) is 6.06. The van der Waals surface area contributed by atoms with Gasteiger partial charge in [-0.2, -0.15) is 0 Å². The second-order valence-corrected chi connectivity index (χ2v) is 4.43. The first kappa shape index (κ1) is 16.4. The minimum Gasteiger partial charge on any atom is -0.480 e. The highest BCUT2D eigenvalue weighted by molar-refractivity contribution is 5.84. The molecule has 1 aromatic rings. The molecule has 0 spiro atoms. The standard InChI is InChI=1S/C14H16N2O5/c1-2-3-7-12(14(18)19)15-13(17)9-10-5-4-6-11(8-10)16(20)21/h2,4-6,8,12H,1,3,7,9H2,(H,15,17)(H,18,19)/t12-/m0/s1. The van der Waals surface area contributed by atoms with Crippen LogP contribution in [0.1, 0.15) is 18.4 Å². The van der Waals surface area contributed by atoms with Crippen LogP contribution in [0.2, 0.25) is 0 Å². The number of carbonyl (C=O) groups is 2. The van der Waals surface area contributed by atoms with Crippen LogP contribution in [0.15, 0.2) is 36.9 Å². The van der Waals surface area contributed by atoms with Gasteiger partial charge in [0.1, 0.15) is 6.04 Å². The third-order valence-electron chi connectivity index (χ3n) is 2.78. The molecular weight excluding hydrogens is 276 g/mol. The molecule has 0 aliphatic heterocycles. The molecule has 0 aliphatic carbocycles. The Labute approximate surface area is 121 Å². The van der Waals surface area contributed by atoms with Crippen molar-refractivity contribution in [2.45, 2.75) is 25.3 Å². The van der Waals surface area contributed by atoms with Crippen molar-refractivity contribution >= 4 is 17.6 Å². The van der Waals surface area contributed by atoms with Gasteiger partial charge in [-0.25, -0.2) is 4.79 Å². The van der Waals surface area contributed by atoms with Crippen LogP contribution in [0.5, 0.6) is 0 Å². The third kappa shape index (κ3) is 5.43. The van der Waals surface area contributed by atoms with Crippen LogP contribution in [0, 0.1) is 10.1 Å². The van der Waals surface area contributed by atoms with E-state index in [1.54, 1.807) is 12.1 Å². The Bertz CT molecular complexity index is 556. The quantitative estimate of drug-likeness (QED) is 0.430. The first-order valence-corrected chi connectivity index (χ1v) is 6.30. The van der Waals surface area contributed by atoms with Crippen LogP contribution >= 0.6 is 0 Å². The lowest BCUT2D eigenvalue weighted by Gasteiger charge is -2.13. The molecule has 2 N–H and O–H groups in total. The minimum atomic E-state index is -1.12. The largest absolute Gasteiger partial charge is 0.480 e. The lowest BCUT2D eigenvalue weighted by Crippen LogP contribution is -2.41. The van der Waals surface area contributed by atoms with E-state index < -0.39 is 22.8 Å². The number of hydrogen-bond acceptors (Lipinski definition) is 4. The fourth-order valence-corrected chi connectivity index (χ4v) is 1.75. The summed E-state index contributed by atoms with van der Waals surface area (Å²) >= 11 is 0. The molecule has 112 valence electrons. The lowest BCUT2D eigenvalue weighted by molar-refractivity contribution is -0.384. The smallest absolute Gasteiger partial charge is 0.326 e. The zero-order chi connectivity index (χ0) is 15.8. The van der Waals surface area contributed by atoms with Gasteiger partial charge in [0.25, 0.3) is 5.69 Å². The number of carboxylic acids is 1. The van der Waals surface area contributed by atoms with Gasteiger partial charge in [-0.15, -0.1) is 6.58 Å². The Morgan fingerprint density at radius 2 is 2.19 bits per heavy atom. The summed E-state index contributed by atoms with van der Waals surface area (Å²) in [7, 11) is 0. The van der Waals surface area contributed by atoms with Crippen LogP contribution in [-0.2, 0) is 16.0 Å². The van der Waals surface area contributed by atoms with E-state index in [4.69, 9.17) is 5.11 Å². The molecule has 0 unspecified atom stereocenters. The number of benzene rings is 1. The van der Waals surface area contributed by atoms with Gasteiger partial charge >= 0.3 is 5.97 Å². The monoisotopic (exact) mass is 292 g/mol. The number of non-ortho nitro benzene ring substituents is 1. The predicted octanol–water partition coefficient (Wildman–Crippen LogP) is 1.67. The molecule has 21 heavy (non-hydrogen) atoms. The number of hydrogen-bond donors (Lipinski definition) is 2. The normalized spacial score (nSPS) is 11.4. The molecule has 7 heteroatoms. The predicted molar refractivity (Wildman–Crippen MR) is 75.8 cm³/mol. The molecule has 0 bridgehead atoms. The number of aliphatic carboxylic acids is 1. The maximum atomic E-state index is 11.8. The second kappa shape index (κ2) is 7.78. The molecule has 0 aliphatic rings. The number of nitro groups is 1. The first-order chi connectivity index (χ1) is 9.93. The number of carboxylic acid groups (broad SMARTS) is 1. The van der Waals surface area contributed by atoms with Crippen LogP contribution in [-0.4, -0.2) is 27.9 Å². The van der Waals surface area contributed by atoms with Crippen LogP contribution in [0.3, 0.4) is 0 Å². The van der Waals surface area contributed by atoms with Gasteiger partial charge in [-0.05, 0) is 18.4 Å². The number of rotatable bonds is 8. The minimum absolute atomic E-state index is 0.109. The van der Waals surface area contributed by atoms with Crippen molar-refractivity contribution in [2.75, 3.05) is 0 Å². The average Bonchev–Trinajstić information content (AvgIpc) is 2.43. The van der Waals surface area contributed by atoms with Crippen molar-refractivity contribution in [1.82, 2.24) is 5.32 Å². The van der Waals surface area contributed by atoms with E-state index in [1.165, 1.54) is 18.2 Å². The summed E-state index contributed by atoms with van der Waals surface area (Å²) in [5.41, 5.74) is 0.344. The maximum absolute atomic E-state index is 11.8. The molecule has 0 fully saturated rings. The zero-order valence-corrected chi connectivity index (χ0v) is 11.3. The molecule has 0 saturated carbocycles. The first-order valence-electron chi connectivity index (χ1n) is 6.30. The molecule has 7 nitrogen and oxygen atoms in total. The van der Waals surface area contributed by atoms with E-state index in [0.29, 0.717) is 12.0 Å². The Morgan fingerprint density at radius 1 is 1.48 bits per heavy atom. The Hall–Kier alpha value is -2.70. The summed E-state index contributed by atoms with van der Waals surface area (Å²) in [6.07, 6.45) is 2.18. The van der Waals surface area contributed by atoms with Gasteiger partial charge in [-0.3, -0.25) is 14.9 Å². The summed E-state index contributed by atoms with van der Waals surface area (Å²) in [6.45, 7) is 3.50. The fourth-order valence-electron chi connectivity index (χ4n) is 1.75. The second-order valence-electron chi connectivity index (χ2n) is 4.43. The fraction of sp³-hybridized carbons (Fsp3) is 0.286. The Balaban J connectivity index is 2.67. The number of amides is 1. The van der Waals surface area contributed by atoms with E-state index in [-0.39, 0.29) is 18.5 Å². The molecule has 1 amide bonds. The molecule has 1 aromatic carbocycles. The average molecular weight is 292 g/mol. The molecule has 1 atom stereocenters. The van der Waals surface area contributed by atoms with E-state index in [0.717, 1.165) is 0 Å². The van der Waals surface area contributed by atoms with E-state index in [2.05, 4.69) is 11.9 Å². The van der Waals surface area contributed by atoms with E-state index in [1.807, 2.05) is 0 Å². The highest BCUT2D eigenvalue weighted by atomic mass is 16.6. The van der Waals surface area contributed by atoms with Crippen LogP contribution in [0.25, 0.3) is 0 Å². The van der Waals surface area contributed by atoms with Gasteiger partial charge in [0.15, 0.2) is 0 Å². The van der Waals surface area contributed by atoms with Crippen molar-refractivity contribution in [3.8, 4) is 0 Å². The van der Waals surface area contributed by atoms with Crippen molar-refractivity contribution in [3.05, 3.63) is 52.6 Å². The van der Waals surface area contributed by atoms with Gasteiger partial charge in [0.2, 0.25) is 5.91 Å². The molecule has 0 heterocycles. The SMILES string of the molecule is C=CCC[C@H](NC(=O)Cc1cccc([N+](=O)[O-])c1)C(=O)O. The zero-order valence-electron chi connectivity index (χ0n) is 11.3. The maximum Gasteiger partial charge on any atom is 0.326 e. The summed E-state index contributed by atoms with van der Waals surface area (Å²) in [5, 5.41) is 22.0. The van der Waals surface area contributed by atoms with Gasteiger partial charge < -0.3 is 10.4 Å². The molecule has 0 radical (unpaired) electrons. The molecule has 0 saturated heterocycles. The summed E-state index contributed by atoms with van der Waals surface area (Å²) in [6, 6.07) is 4.68. The Morgan fingerprint density at radius 3 is 2.76 bits per heavy atom. The number of nitrogens with one attached hydrogen (secondary N) is 1. The summed E-state index contributed by atoms with van der Waals surface area (Å²) in [4.78, 5) is 32.9. The van der Waals surface area contributed by atoms with Crippen molar-refractivity contribution in [2.24, 2.45) is 0 Å². The topological polar surface area (TPSA) is 110 Å². The summed E-state index contributed by atoms with van der Waals surface area (Å²) in [5.74, 6) is -1.61. The molecule has 0 aromatic heterocycles. The molecular formula is C14H16N2O5. The number of nitro benzene ring substituents is 1. The molecule has 1 rings (SSSR count). The lowest BCUT2D eigenvalue weighted by atomic mass is 10.1. The number of allylic oxidation sites excluding steroid dienone is 1. The highest BCUT2D eigenvalue weighted by Gasteiger charge is 2.19. The van der Waals surface area contributed by atoms with Gasteiger partial charge in [-0.1, -0.05) is 18.2 Å². The van der Waals surface area contributed by atoms with E-state index in [9.17, 15) is 19.7 Å². The summed E-state index contributed by atoms with van der Waals surface area (Å²) < 4.78 is 0. The van der Waals surface area contributed by atoms with Crippen LogP contribution in [0.4, 0.5) is 5.69 Å². The van der Waals surface area contributed by atoms with Gasteiger partial charge in [0.05, 0.1) is 11.3 Å². The number of carbonyl (C=O) groups excluding carboxylic acids is 1. The van der Waals surface area contributed by atoms with Gasteiger partial charge in [0, 0.05) is 12.1 Å². The highest BCUT2D eigenvalue weighted by Crippen LogP contribution is 2.13. The van der Waals surface area contributed by atoms with Crippen molar-refractivity contribution in [1.29, 1.82) is 0 Å². The van der Waals surface area contributed by atoms with E-state index >= 15 is 0 Å². The van der Waals surface area contributed by atoms with Crippen molar-refractivity contribution in [3.63, 3.8) is 0 Å². The van der Waals surface area contributed by atoms with Crippen LogP contribution < -0.4 is 5.32 Å². The number of nitrogens with zero attached hydrogens (tertiary/aromatic N) is 1.